The summed E-state index contributed by atoms with van der Waals surface area (Å²) in [5.41, 5.74) is 0.133. The molecule has 2 aromatic rings. The Balaban J connectivity index is 2.33. The number of esters is 1. The Morgan fingerprint density at radius 2 is 1.82 bits per heavy atom. The molecule has 0 fully saturated rings. The van der Waals surface area contributed by atoms with Gasteiger partial charge in [0.05, 0.1) is 12.7 Å². The second kappa shape index (κ2) is 6.47. The van der Waals surface area contributed by atoms with Gasteiger partial charge in [-0.1, -0.05) is 44.2 Å². The second-order valence-electron chi connectivity index (χ2n) is 5.40. The standard InChI is InChI=1S/C17H19NO4/c1-10(2)14(17(21)22-3)18-16(20)13-9-8-11-6-4-5-7-12(11)15(13)19/h4-10,14,19H,1-3H3,(H,18,20). The van der Waals surface area contributed by atoms with Gasteiger partial charge in [0.25, 0.3) is 5.91 Å². The predicted molar refractivity (Wildman–Crippen MR) is 83.7 cm³/mol. The first-order chi connectivity index (χ1) is 10.5. The van der Waals surface area contributed by atoms with Crippen LogP contribution in [0.4, 0.5) is 0 Å². The van der Waals surface area contributed by atoms with Gasteiger partial charge < -0.3 is 15.2 Å². The molecule has 22 heavy (non-hydrogen) atoms. The summed E-state index contributed by atoms with van der Waals surface area (Å²) >= 11 is 0. The van der Waals surface area contributed by atoms with E-state index >= 15 is 0 Å². The van der Waals surface area contributed by atoms with E-state index in [0.29, 0.717) is 5.39 Å². The fraction of sp³-hybridized carbons (Fsp3) is 0.294. The third-order valence-electron chi connectivity index (χ3n) is 3.55. The summed E-state index contributed by atoms with van der Waals surface area (Å²) in [6.07, 6.45) is 0. The maximum atomic E-state index is 12.4. The van der Waals surface area contributed by atoms with Gasteiger partial charge in [0.2, 0.25) is 0 Å². The van der Waals surface area contributed by atoms with Crippen molar-refractivity contribution >= 4 is 22.6 Å². The zero-order chi connectivity index (χ0) is 16.3. The minimum atomic E-state index is -0.761. The molecule has 116 valence electrons. The van der Waals surface area contributed by atoms with E-state index in [0.717, 1.165) is 5.39 Å². The molecule has 0 heterocycles. The van der Waals surface area contributed by atoms with Crippen LogP contribution in [0.1, 0.15) is 24.2 Å². The van der Waals surface area contributed by atoms with Crippen molar-refractivity contribution in [2.24, 2.45) is 5.92 Å². The molecule has 5 nitrogen and oxygen atoms in total. The number of hydrogen-bond acceptors (Lipinski definition) is 4. The van der Waals surface area contributed by atoms with Crippen LogP contribution in [0, 0.1) is 5.92 Å². The number of hydrogen-bond donors (Lipinski definition) is 2. The molecular weight excluding hydrogens is 282 g/mol. The normalized spacial score (nSPS) is 12.2. The number of amides is 1. The molecule has 5 heteroatoms. The van der Waals surface area contributed by atoms with Crippen LogP contribution >= 0.6 is 0 Å². The molecule has 2 rings (SSSR count). The van der Waals surface area contributed by atoms with E-state index in [1.165, 1.54) is 7.11 Å². The lowest BCUT2D eigenvalue weighted by Gasteiger charge is -2.20. The molecule has 0 radical (unpaired) electrons. The van der Waals surface area contributed by atoms with Crippen LogP contribution in [0.25, 0.3) is 10.8 Å². The van der Waals surface area contributed by atoms with E-state index in [-0.39, 0.29) is 17.2 Å². The number of benzene rings is 2. The molecule has 1 atom stereocenters. The monoisotopic (exact) mass is 301 g/mol. The third kappa shape index (κ3) is 3.03. The van der Waals surface area contributed by atoms with Crippen LogP contribution in [-0.4, -0.2) is 30.1 Å². The highest BCUT2D eigenvalue weighted by Gasteiger charge is 2.26. The third-order valence-corrected chi connectivity index (χ3v) is 3.55. The van der Waals surface area contributed by atoms with E-state index < -0.39 is 17.9 Å². The molecule has 0 aliphatic carbocycles. The van der Waals surface area contributed by atoms with Crippen molar-refractivity contribution in [2.75, 3.05) is 7.11 Å². The van der Waals surface area contributed by atoms with Gasteiger partial charge in [-0.15, -0.1) is 0 Å². The number of nitrogens with one attached hydrogen (secondary N) is 1. The Kier molecular flexibility index (Phi) is 4.65. The Bertz CT molecular complexity index is 709. The summed E-state index contributed by atoms with van der Waals surface area (Å²) in [5.74, 6) is -1.24. The fourth-order valence-electron chi connectivity index (χ4n) is 2.28. The quantitative estimate of drug-likeness (QED) is 0.851. The van der Waals surface area contributed by atoms with E-state index in [2.05, 4.69) is 5.32 Å². The molecule has 1 amide bonds. The second-order valence-corrected chi connectivity index (χ2v) is 5.40. The Morgan fingerprint density at radius 3 is 2.45 bits per heavy atom. The van der Waals surface area contributed by atoms with E-state index in [4.69, 9.17) is 4.74 Å². The smallest absolute Gasteiger partial charge is 0.328 e. The highest BCUT2D eigenvalue weighted by molar-refractivity contribution is 6.04. The molecule has 2 aromatic carbocycles. The Morgan fingerprint density at radius 1 is 1.14 bits per heavy atom. The number of rotatable bonds is 4. The Labute approximate surface area is 128 Å². The van der Waals surface area contributed by atoms with Gasteiger partial charge in [-0.25, -0.2) is 4.79 Å². The molecule has 0 aliphatic rings. The van der Waals surface area contributed by atoms with Gasteiger partial charge in [0.15, 0.2) is 0 Å². The van der Waals surface area contributed by atoms with Gasteiger partial charge >= 0.3 is 5.97 Å². The summed E-state index contributed by atoms with van der Waals surface area (Å²) in [6, 6.07) is 9.77. The molecule has 1 unspecified atom stereocenters. The molecule has 0 bridgehead atoms. The van der Waals surface area contributed by atoms with Crippen molar-refractivity contribution < 1.29 is 19.4 Å². The molecule has 0 aromatic heterocycles. The maximum Gasteiger partial charge on any atom is 0.328 e. The predicted octanol–water partition coefficient (Wildman–Crippen LogP) is 2.47. The SMILES string of the molecule is COC(=O)C(NC(=O)c1ccc2ccccc2c1O)C(C)C. The first-order valence-corrected chi connectivity index (χ1v) is 7.05. The zero-order valence-electron chi connectivity index (χ0n) is 12.8. The van der Waals surface area contributed by atoms with Crippen LogP contribution in [0.2, 0.25) is 0 Å². The van der Waals surface area contributed by atoms with Crippen LogP contribution in [-0.2, 0) is 9.53 Å². The first kappa shape index (κ1) is 15.8. The van der Waals surface area contributed by atoms with Gasteiger partial charge in [0.1, 0.15) is 11.8 Å². The fourth-order valence-corrected chi connectivity index (χ4v) is 2.28. The number of carbonyl (C=O) groups excluding carboxylic acids is 2. The van der Waals surface area contributed by atoms with Crippen molar-refractivity contribution in [1.82, 2.24) is 5.32 Å². The summed E-state index contributed by atoms with van der Waals surface area (Å²) in [6.45, 7) is 3.62. The number of methoxy groups -OCH3 is 1. The number of phenols is 1. The number of aromatic hydroxyl groups is 1. The van der Waals surface area contributed by atoms with Crippen molar-refractivity contribution in [3.63, 3.8) is 0 Å². The van der Waals surface area contributed by atoms with Gasteiger partial charge in [0, 0.05) is 5.39 Å². The molecule has 0 aliphatic heterocycles. The lowest BCUT2D eigenvalue weighted by molar-refractivity contribution is -0.144. The Hall–Kier alpha value is -2.56. The van der Waals surface area contributed by atoms with E-state index in [1.54, 1.807) is 24.3 Å². The molecule has 0 saturated heterocycles. The highest BCUT2D eigenvalue weighted by Crippen LogP contribution is 2.28. The molecule has 0 saturated carbocycles. The van der Waals surface area contributed by atoms with E-state index in [9.17, 15) is 14.7 Å². The van der Waals surface area contributed by atoms with Gasteiger partial charge in [-0.3, -0.25) is 4.79 Å². The first-order valence-electron chi connectivity index (χ1n) is 7.05. The van der Waals surface area contributed by atoms with Crippen LogP contribution < -0.4 is 5.32 Å². The molecule has 0 spiro atoms. The molecular formula is C17H19NO4. The van der Waals surface area contributed by atoms with Crippen LogP contribution in [0.15, 0.2) is 36.4 Å². The largest absolute Gasteiger partial charge is 0.506 e. The number of fused-ring (bicyclic) bond motifs is 1. The number of carbonyl (C=O) groups is 2. The lowest BCUT2D eigenvalue weighted by atomic mass is 10.0. The summed E-state index contributed by atoms with van der Waals surface area (Å²) in [4.78, 5) is 24.1. The highest BCUT2D eigenvalue weighted by atomic mass is 16.5. The van der Waals surface area contributed by atoms with Crippen molar-refractivity contribution in [1.29, 1.82) is 0 Å². The lowest BCUT2D eigenvalue weighted by Crippen LogP contribution is -2.45. The minimum Gasteiger partial charge on any atom is -0.506 e. The molecule has 2 N–H and O–H groups in total. The van der Waals surface area contributed by atoms with Crippen LogP contribution in [0.5, 0.6) is 5.75 Å². The average Bonchev–Trinajstić information content (AvgIpc) is 2.52. The summed E-state index contributed by atoms with van der Waals surface area (Å²) < 4.78 is 4.69. The van der Waals surface area contributed by atoms with Crippen molar-refractivity contribution in [2.45, 2.75) is 19.9 Å². The van der Waals surface area contributed by atoms with Crippen molar-refractivity contribution in [3.8, 4) is 5.75 Å². The summed E-state index contributed by atoms with van der Waals surface area (Å²) in [5, 5.41) is 14.3. The average molecular weight is 301 g/mol. The van der Waals surface area contributed by atoms with Gasteiger partial charge in [-0.2, -0.15) is 0 Å². The maximum absolute atomic E-state index is 12.4. The van der Waals surface area contributed by atoms with Gasteiger partial charge in [-0.05, 0) is 17.4 Å². The minimum absolute atomic E-state index is 0.0945. The zero-order valence-corrected chi connectivity index (χ0v) is 12.8. The number of ether oxygens (including phenoxy) is 1. The topological polar surface area (TPSA) is 75.6 Å². The van der Waals surface area contributed by atoms with Crippen molar-refractivity contribution in [3.05, 3.63) is 42.0 Å². The van der Waals surface area contributed by atoms with Crippen LogP contribution in [0.3, 0.4) is 0 Å². The number of phenolic OH excluding ortho intramolecular Hbond substituents is 1. The van der Waals surface area contributed by atoms with E-state index in [1.807, 2.05) is 26.0 Å². The summed E-state index contributed by atoms with van der Waals surface area (Å²) in [7, 11) is 1.28.